The molecule has 0 amide bonds. The number of hydrogen-bond acceptors (Lipinski definition) is 6. The van der Waals surface area contributed by atoms with E-state index in [-0.39, 0.29) is 11.2 Å². The number of aromatic nitrogens is 3. The van der Waals surface area contributed by atoms with Crippen LogP contribution in [0.1, 0.15) is 13.3 Å². The second-order valence-corrected chi connectivity index (χ2v) is 4.43. The minimum Gasteiger partial charge on any atom is -0.368 e. The van der Waals surface area contributed by atoms with Crippen LogP contribution in [0.25, 0.3) is 0 Å². The van der Waals surface area contributed by atoms with Gasteiger partial charge in [-0.1, -0.05) is 6.92 Å². The van der Waals surface area contributed by atoms with Crippen LogP contribution < -0.4 is 10.6 Å². The first-order chi connectivity index (χ1) is 8.19. The van der Waals surface area contributed by atoms with E-state index in [0.717, 1.165) is 32.7 Å². The summed E-state index contributed by atoms with van der Waals surface area (Å²) < 4.78 is 0. The van der Waals surface area contributed by atoms with E-state index in [1.165, 1.54) is 6.42 Å². The highest BCUT2D eigenvalue weighted by Crippen LogP contribution is 2.14. The summed E-state index contributed by atoms with van der Waals surface area (Å²) in [6, 6.07) is 0. The van der Waals surface area contributed by atoms with Gasteiger partial charge in [0, 0.05) is 26.2 Å². The fourth-order valence-electron chi connectivity index (χ4n) is 1.98. The van der Waals surface area contributed by atoms with Crippen molar-refractivity contribution in [2.45, 2.75) is 13.3 Å². The zero-order valence-corrected chi connectivity index (χ0v) is 10.7. The van der Waals surface area contributed by atoms with E-state index in [9.17, 15) is 0 Å². The van der Waals surface area contributed by atoms with Crippen LogP contribution in [0, 0.1) is 0 Å². The van der Waals surface area contributed by atoms with E-state index in [1.807, 2.05) is 0 Å². The van der Waals surface area contributed by atoms with Crippen LogP contribution in [-0.4, -0.2) is 52.6 Å². The fraction of sp³-hybridized carbons (Fsp3) is 0.700. The minimum absolute atomic E-state index is 0.156. The molecule has 1 aromatic rings. The maximum Gasteiger partial charge on any atom is 0.231 e. The summed E-state index contributed by atoms with van der Waals surface area (Å²) in [5.74, 6) is 0.759. The van der Waals surface area contributed by atoms with Gasteiger partial charge in [0.2, 0.25) is 17.2 Å². The smallest absolute Gasteiger partial charge is 0.231 e. The Balaban J connectivity index is 2.00. The van der Waals surface area contributed by atoms with Gasteiger partial charge in [-0.05, 0) is 24.6 Å². The van der Waals surface area contributed by atoms with Gasteiger partial charge >= 0.3 is 0 Å². The molecule has 0 aromatic carbocycles. The van der Waals surface area contributed by atoms with E-state index < -0.39 is 0 Å². The number of anilines is 2. The lowest BCUT2D eigenvalue weighted by Crippen LogP contribution is -2.47. The highest BCUT2D eigenvalue weighted by Gasteiger charge is 2.19. The summed E-state index contributed by atoms with van der Waals surface area (Å²) in [6.45, 7) is 7.19. The molecule has 1 saturated heterocycles. The second-order valence-electron chi connectivity index (χ2n) is 4.09. The number of hydrogen-bond donors (Lipinski definition) is 1. The number of nitrogen functional groups attached to an aromatic ring is 1. The number of halogens is 1. The molecule has 94 valence electrons. The molecule has 2 rings (SSSR count). The molecule has 1 aliphatic rings. The molecule has 0 saturated carbocycles. The quantitative estimate of drug-likeness (QED) is 0.856. The third-order valence-electron chi connectivity index (χ3n) is 2.81. The third-order valence-corrected chi connectivity index (χ3v) is 2.98. The monoisotopic (exact) mass is 256 g/mol. The summed E-state index contributed by atoms with van der Waals surface area (Å²) in [6.07, 6.45) is 1.19. The van der Waals surface area contributed by atoms with Gasteiger partial charge < -0.3 is 10.6 Å². The van der Waals surface area contributed by atoms with E-state index in [1.54, 1.807) is 0 Å². The predicted octanol–water partition coefficient (Wildman–Crippen LogP) is 0.639. The van der Waals surface area contributed by atoms with E-state index in [4.69, 9.17) is 17.3 Å². The van der Waals surface area contributed by atoms with E-state index in [0.29, 0.717) is 5.95 Å². The first-order valence-corrected chi connectivity index (χ1v) is 6.21. The second kappa shape index (κ2) is 5.46. The molecule has 7 heteroatoms. The molecule has 0 radical (unpaired) electrons. The zero-order chi connectivity index (χ0) is 12.3. The van der Waals surface area contributed by atoms with Gasteiger partial charge in [0.1, 0.15) is 0 Å². The molecule has 17 heavy (non-hydrogen) atoms. The third kappa shape index (κ3) is 3.17. The van der Waals surface area contributed by atoms with Crippen LogP contribution in [0.15, 0.2) is 0 Å². The van der Waals surface area contributed by atoms with Gasteiger partial charge in [-0.3, -0.25) is 4.90 Å². The minimum atomic E-state index is 0.156. The molecule has 0 unspecified atom stereocenters. The Morgan fingerprint density at radius 2 is 1.88 bits per heavy atom. The molecule has 0 aliphatic carbocycles. The summed E-state index contributed by atoms with van der Waals surface area (Å²) in [4.78, 5) is 16.5. The van der Waals surface area contributed by atoms with Crippen molar-refractivity contribution in [1.82, 2.24) is 19.9 Å². The number of nitrogens with zero attached hydrogens (tertiary/aromatic N) is 5. The largest absolute Gasteiger partial charge is 0.368 e. The van der Waals surface area contributed by atoms with Gasteiger partial charge in [-0.2, -0.15) is 15.0 Å². The average molecular weight is 257 g/mol. The predicted molar refractivity (Wildman–Crippen MR) is 68.2 cm³/mol. The lowest BCUT2D eigenvalue weighted by atomic mass is 10.3. The zero-order valence-electron chi connectivity index (χ0n) is 9.93. The number of piperazine rings is 1. The van der Waals surface area contributed by atoms with Crippen molar-refractivity contribution < 1.29 is 0 Å². The van der Waals surface area contributed by atoms with Crippen LogP contribution in [0.4, 0.5) is 11.9 Å². The normalized spacial score (nSPS) is 17.4. The van der Waals surface area contributed by atoms with Crippen LogP contribution in [0.5, 0.6) is 0 Å². The molecule has 1 aliphatic heterocycles. The number of rotatable bonds is 3. The van der Waals surface area contributed by atoms with Crippen LogP contribution in [-0.2, 0) is 0 Å². The van der Waals surface area contributed by atoms with Crippen molar-refractivity contribution in [3.05, 3.63) is 5.28 Å². The molecular formula is C10H17ClN6. The van der Waals surface area contributed by atoms with Crippen LogP contribution >= 0.6 is 11.6 Å². The van der Waals surface area contributed by atoms with Gasteiger partial charge in [-0.15, -0.1) is 0 Å². The first kappa shape index (κ1) is 12.3. The summed E-state index contributed by atoms with van der Waals surface area (Å²) >= 11 is 5.77. The molecule has 1 fully saturated rings. The molecule has 6 nitrogen and oxygen atoms in total. The topological polar surface area (TPSA) is 71.2 Å². The lowest BCUT2D eigenvalue weighted by molar-refractivity contribution is 0.257. The summed E-state index contributed by atoms with van der Waals surface area (Å²) in [5.41, 5.74) is 5.56. The van der Waals surface area contributed by atoms with Crippen molar-refractivity contribution in [3.8, 4) is 0 Å². The molecular weight excluding hydrogens is 240 g/mol. The number of nitrogens with two attached hydrogens (primary N) is 1. The Kier molecular flexibility index (Phi) is 3.96. The Morgan fingerprint density at radius 3 is 2.47 bits per heavy atom. The first-order valence-electron chi connectivity index (χ1n) is 5.83. The van der Waals surface area contributed by atoms with Crippen molar-refractivity contribution in [3.63, 3.8) is 0 Å². The SMILES string of the molecule is CCCN1CCN(c2nc(N)nc(Cl)n2)CC1. The molecule has 2 N–H and O–H groups in total. The van der Waals surface area contributed by atoms with Crippen LogP contribution in [0.2, 0.25) is 5.28 Å². The summed E-state index contributed by atoms with van der Waals surface area (Å²) in [5, 5.41) is 0.156. The molecule has 0 spiro atoms. The maximum atomic E-state index is 5.77. The molecule has 0 bridgehead atoms. The van der Waals surface area contributed by atoms with Gasteiger partial charge in [0.15, 0.2) is 0 Å². The lowest BCUT2D eigenvalue weighted by Gasteiger charge is -2.34. The van der Waals surface area contributed by atoms with Crippen molar-refractivity contribution in [2.75, 3.05) is 43.4 Å². The summed E-state index contributed by atoms with van der Waals surface area (Å²) in [7, 11) is 0. The van der Waals surface area contributed by atoms with E-state index >= 15 is 0 Å². The Labute approximate surface area is 106 Å². The van der Waals surface area contributed by atoms with Gasteiger partial charge in [0.25, 0.3) is 0 Å². The average Bonchev–Trinajstić information content (AvgIpc) is 2.29. The van der Waals surface area contributed by atoms with Crippen LogP contribution in [0.3, 0.4) is 0 Å². The standard InChI is InChI=1S/C10H17ClN6/c1-2-3-16-4-6-17(7-5-16)10-14-8(11)13-9(12)15-10/h2-7H2,1H3,(H2,12,13,14,15). The van der Waals surface area contributed by atoms with Gasteiger partial charge in [-0.25, -0.2) is 0 Å². The molecule has 0 atom stereocenters. The Hall–Kier alpha value is -1.14. The highest BCUT2D eigenvalue weighted by molar-refractivity contribution is 6.28. The van der Waals surface area contributed by atoms with Crippen molar-refractivity contribution in [2.24, 2.45) is 0 Å². The Bertz CT molecular complexity index is 357. The fourth-order valence-corrected chi connectivity index (χ4v) is 2.15. The van der Waals surface area contributed by atoms with E-state index in [2.05, 4.69) is 31.7 Å². The Morgan fingerprint density at radius 1 is 1.18 bits per heavy atom. The van der Waals surface area contributed by atoms with Gasteiger partial charge in [0.05, 0.1) is 0 Å². The molecule has 1 aromatic heterocycles. The van der Waals surface area contributed by atoms with Crippen molar-refractivity contribution in [1.29, 1.82) is 0 Å². The maximum absolute atomic E-state index is 5.77. The highest BCUT2D eigenvalue weighted by atomic mass is 35.5. The van der Waals surface area contributed by atoms with Crippen molar-refractivity contribution >= 4 is 23.5 Å². The molecule has 2 heterocycles.